The zero-order valence-corrected chi connectivity index (χ0v) is 15.6. The number of carboxylic acids is 2. The minimum absolute atomic E-state index is 0.0410. The fraction of sp³-hybridized carbons (Fsp3) is 0.200. The van der Waals surface area contributed by atoms with Crippen LogP contribution in [0.2, 0.25) is 0 Å². The Kier molecular flexibility index (Phi) is 6.15. The summed E-state index contributed by atoms with van der Waals surface area (Å²) in [5.74, 6) is -3.83. The van der Waals surface area contributed by atoms with Crippen LogP contribution in [-0.2, 0) is 0 Å². The van der Waals surface area contributed by atoms with Crippen molar-refractivity contribution in [2.75, 3.05) is 0 Å². The van der Waals surface area contributed by atoms with Crippen LogP contribution in [0.3, 0.4) is 0 Å². The van der Waals surface area contributed by atoms with Crippen LogP contribution in [0.4, 0.5) is 0 Å². The first-order valence-corrected chi connectivity index (χ1v) is 8.39. The molecule has 2 rings (SSSR count). The summed E-state index contributed by atoms with van der Waals surface area (Å²) in [5, 5.41) is 23.5. The standard InChI is InChI=1S/C20H20N2O6/c1-10-4-6-13(15(8-10)19(25)26)17(23)21-12(3)22-18(24)14-7-5-11(2)9-16(14)20(27)28/h4-9,12H,1-3H3,(H,21,23)(H,22,24)(H,25,26)(H,27,28). The second-order valence-electron chi connectivity index (χ2n) is 6.38. The number of amides is 2. The van der Waals surface area contributed by atoms with Gasteiger partial charge in [0.05, 0.1) is 28.4 Å². The largest absolute Gasteiger partial charge is 0.478 e. The fourth-order valence-electron chi connectivity index (χ4n) is 2.65. The molecule has 0 fully saturated rings. The van der Waals surface area contributed by atoms with E-state index in [1.165, 1.54) is 31.2 Å². The van der Waals surface area contributed by atoms with Crippen molar-refractivity contribution in [2.24, 2.45) is 0 Å². The number of hydrogen-bond donors (Lipinski definition) is 4. The summed E-state index contributed by atoms with van der Waals surface area (Å²) in [6.07, 6.45) is -0.870. The molecule has 0 aliphatic heterocycles. The number of carboxylic acid groups (broad SMARTS) is 2. The van der Waals surface area contributed by atoms with Gasteiger partial charge in [0, 0.05) is 0 Å². The maximum absolute atomic E-state index is 12.4. The van der Waals surface area contributed by atoms with Gasteiger partial charge in [-0.1, -0.05) is 23.3 Å². The van der Waals surface area contributed by atoms with Crippen molar-refractivity contribution in [3.63, 3.8) is 0 Å². The minimum atomic E-state index is -1.24. The number of benzene rings is 2. The van der Waals surface area contributed by atoms with Crippen molar-refractivity contribution >= 4 is 23.8 Å². The Balaban J connectivity index is 2.16. The summed E-state index contributed by atoms with van der Waals surface area (Å²) in [6, 6.07) is 8.76. The Morgan fingerprint density at radius 2 is 1.07 bits per heavy atom. The highest BCUT2D eigenvalue weighted by Gasteiger charge is 2.21. The highest BCUT2D eigenvalue weighted by Crippen LogP contribution is 2.14. The second-order valence-corrected chi connectivity index (χ2v) is 6.38. The van der Waals surface area contributed by atoms with E-state index in [0.29, 0.717) is 11.1 Å². The molecule has 8 nitrogen and oxygen atoms in total. The Morgan fingerprint density at radius 1 is 0.714 bits per heavy atom. The van der Waals surface area contributed by atoms with Crippen molar-refractivity contribution in [3.8, 4) is 0 Å². The van der Waals surface area contributed by atoms with E-state index in [0.717, 1.165) is 0 Å². The highest BCUT2D eigenvalue weighted by atomic mass is 16.4. The lowest BCUT2D eigenvalue weighted by Gasteiger charge is -2.17. The quantitative estimate of drug-likeness (QED) is 0.565. The smallest absolute Gasteiger partial charge is 0.336 e. The molecule has 0 bridgehead atoms. The zero-order valence-electron chi connectivity index (χ0n) is 15.6. The maximum atomic E-state index is 12.4. The fourth-order valence-corrected chi connectivity index (χ4v) is 2.65. The molecule has 0 atom stereocenters. The molecule has 0 spiro atoms. The van der Waals surface area contributed by atoms with Crippen LogP contribution in [0, 0.1) is 13.8 Å². The molecule has 0 aliphatic carbocycles. The molecule has 0 unspecified atom stereocenters. The van der Waals surface area contributed by atoms with Gasteiger partial charge in [-0.3, -0.25) is 9.59 Å². The molecule has 2 aromatic rings. The highest BCUT2D eigenvalue weighted by molar-refractivity contribution is 6.06. The second kappa shape index (κ2) is 8.34. The summed E-state index contributed by atoms with van der Waals surface area (Å²) in [4.78, 5) is 47.5. The van der Waals surface area contributed by atoms with Crippen molar-refractivity contribution in [1.29, 1.82) is 0 Å². The maximum Gasteiger partial charge on any atom is 0.336 e. The van der Waals surface area contributed by atoms with E-state index in [9.17, 15) is 29.4 Å². The summed E-state index contributed by atoms with van der Waals surface area (Å²) in [5.41, 5.74) is 0.999. The van der Waals surface area contributed by atoms with Crippen molar-refractivity contribution in [2.45, 2.75) is 26.9 Å². The number of rotatable bonds is 6. The number of aromatic carboxylic acids is 2. The van der Waals surface area contributed by atoms with E-state index in [1.54, 1.807) is 26.0 Å². The molecule has 8 heteroatoms. The first kappa shape index (κ1) is 20.6. The molecule has 0 aliphatic rings. The lowest BCUT2D eigenvalue weighted by molar-refractivity contribution is 0.0683. The van der Waals surface area contributed by atoms with Crippen LogP contribution in [0.15, 0.2) is 36.4 Å². The average molecular weight is 384 g/mol. The molecule has 0 saturated carbocycles. The molecular formula is C20H20N2O6. The van der Waals surface area contributed by atoms with Crippen molar-refractivity contribution in [1.82, 2.24) is 10.6 Å². The molecule has 28 heavy (non-hydrogen) atoms. The molecule has 2 amide bonds. The summed E-state index contributed by atoms with van der Waals surface area (Å²) >= 11 is 0. The lowest BCUT2D eigenvalue weighted by Crippen LogP contribution is -2.46. The molecule has 0 saturated heterocycles. The monoisotopic (exact) mass is 384 g/mol. The zero-order chi connectivity index (χ0) is 21.0. The molecule has 0 aromatic heterocycles. The van der Waals surface area contributed by atoms with Crippen LogP contribution in [-0.4, -0.2) is 40.1 Å². The van der Waals surface area contributed by atoms with Crippen LogP contribution in [0.25, 0.3) is 0 Å². The van der Waals surface area contributed by atoms with Gasteiger partial charge in [0.1, 0.15) is 0 Å². The summed E-state index contributed by atoms with van der Waals surface area (Å²) in [6.45, 7) is 4.90. The number of hydrogen-bond acceptors (Lipinski definition) is 4. The summed E-state index contributed by atoms with van der Waals surface area (Å²) < 4.78 is 0. The van der Waals surface area contributed by atoms with Gasteiger partial charge in [0.25, 0.3) is 11.8 Å². The Hall–Kier alpha value is -3.68. The number of nitrogens with one attached hydrogen (secondary N) is 2. The van der Waals surface area contributed by atoms with Gasteiger partial charge in [0.15, 0.2) is 0 Å². The van der Waals surface area contributed by atoms with E-state index in [2.05, 4.69) is 10.6 Å². The molecule has 2 aromatic carbocycles. The SMILES string of the molecule is Cc1ccc(C(=O)NC(C)NC(=O)c2ccc(C)cc2C(=O)O)c(C(=O)O)c1. The van der Waals surface area contributed by atoms with Crippen LogP contribution < -0.4 is 10.6 Å². The van der Waals surface area contributed by atoms with Crippen molar-refractivity contribution in [3.05, 3.63) is 69.8 Å². The molecule has 0 radical (unpaired) electrons. The van der Waals surface area contributed by atoms with E-state index < -0.39 is 29.9 Å². The molecule has 4 N–H and O–H groups in total. The lowest BCUT2D eigenvalue weighted by atomic mass is 10.0. The van der Waals surface area contributed by atoms with E-state index in [-0.39, 0.29) is 22.3 Å². The first-order chi connectivity index (χ1) is 13.1. The van der Waals surface area contributed by atoms with Gasteiger partial charge in [-0.15, -0.1) is 0 Å². The van der Waals surface area contributed by atoms with Crippen LogP contribution in [0.5, 0.6) is 0 Å². The van der Waals surface area contributed by atoms with Gasteiger partial charge < -0.3 is 20.8 Å². The molecular weight excluding hydrogens is 364 g/mol. The summed E-state index contributed by atoms with van der Waals surface area (Å²) in [7, 11) is 0. The van der Waals surface area contributed by atoms with Gasteiger partial charge in [-0.2, -0.15) is 0 Å². The third-order valence-electron chi connectivity index (χ3n) is 4.00. The Morgan fingerprint density at radius 3 is 1.39 bits per heavy atom. The number of carbonyl (C=O) groups excluding carboxylic acids is 2. The third kappa shape index (κ3) is 4.73. The van der Waals surface area contributed by atoms with E-state index >= 15 is 0 Å². The van der Waals surface area contributed by atoms with Gasteiger partial charge in [-0.05, 0) is 45.0 Å². The number of aryl methyl sites for hydroxylation is 2. The topological polar surface area (TPSA) is 133 Å². The third-order valence-corrected chi connectivity index (χ3v) is 4.00. The van der Waals surface area contributed by atoms with Crippen LogP contribution in [0.1, 0.15) is 59.5 Å². The minimum Gasteiger partial charge on any atom is -0.478 e. The number of carbonyl (C=O) groups is 4. The average Bonchev–Trinajstić information content (AvgIpc) is 2.60. The van der Waals surface area contributed by atoms with E-state index in [4.69, 9.17) is 0 Å². The predicted molar refractivity (Wildman–Crippen MR) is 101 cm³/mol. The van der Waals surface area contributed by atoms with Crippen LogP contribution >= 0.6 is 0 Å². The van der Waals surface area contributed by atoms with Gasteiger partial charge in [-0.25, -0.2) is 9.59 Å². The normalized spacial score (nSPS) is 10.4. The molecule has 146 valence electrons. The van der Waals surface area contributed by atoms with Crippen molar-refractivity contribution < 1.29 is 29.4 Å². The van der Waals surface area contributed by atoms with Gasteiger partial charge in [0.2, 0.25) is 0 Å². The Labute approximate surface area is 161 Å². The van der Waals surface area contributed by atoms with Gasteiger partial charge >= 0.3 is 11.9 Å². The Bertz CT molecular complexity index is 890. The van der Waals surface area contributed by atoms with E-state index in [1.807, 2.05) is 0 Å². The predicted octanol–water partition coefficient (Wildman–Crippen LogP) is 2.21. The first-order valence-electron chi connectivity index (χ1n) is 8.39. The molecule has 0 heterocycles.